The van der Waals surface area contributed by atoms with E-state index in [0.717, 1.165) is 24.8 Å². The van der Waals surface area contributed by atoms with Gasteiger partial charge < -0.3 is 5.11 Å². The van der Waals surface area contributed by atoms with Crippen LogP contribution in [-0.2, 0) is 6.42 Å². The first-order valence-corrected chi connectivity index (χ1v) is 5.90. The molecule has 84 valence electrons. The lowest BCUT2D eigenvalue weighted by Gasteiger charge is -2.11. The van der Waals surface area contributed by atoms with Gasteiger partial charge in [-0.25, -0.2) is 0 Å². The summed E-state index contributed by atoms with van der Waals surface area (Å²) < 4.78 is 0. The van der Waals surface area contributed by atoms with Gasteiger partial charge in [-0.3, -0.25) is 0 Å². The van der Waals surface area contributed by atoms with E-state index in [1.165, 1.54) is 5.56 Å². The monoisotopic (exact) mass is 206 g/mol. The minimum Gasteiger partial charge on any atom is -0.388 e. The average molecular weight is 206 g/mol. The fourth-order valence-corrected chi connectivity index (χ4v) is 1.79. The maximum Gasteiger partial charge on any atom is 0.0790 e. The minimum atomic E-state index is -0.289. The highest BCUT2D eigenvalue weighted by Gasteiger charge is 2.05. The Morgan fingerprint density at radius 2 is 1.73 bits per heavy atom. The third-order valence-electron chi connectivity index (χ3n) is 2.57. The molecular weight excluding hydrogens is 184 g/mol. The summed E-state index contributed by atoms with van der Waals surface area (Å²) in [4.78, 5) is 0. The van der Waals surface area contributed by atoms with E-state index >= 15 is 0 Å². The van der Waals surface area contributed by atoms with Gasteiger partial charge >= 0.3 is 0 Å². The van der Waals surface area contributed by atoms with Crippen molar-refractivity contribution in [2.75, 3.05) is 0 Å². The van der Waals surface area contributed by atoms with Crippen molar-refractivity contribution < 1.29 is 5.11 Å². The molecule has 0 saturated carbocycles. The first-order chi connectivity index (χ1) is 7.13. The van der Waals surface area contributed by atoms with Crippen molar-refractivity contribution in [2.24, 2.45) is 5.92 Å². The average Bonchev–Trinajstić information content (AvgIpc) is 2.18. The molecular formula is C14H22O. The maximum atomic E-state index is 9.79. The van der Waals surface area contributed by atoms with Gasteiger partial charge in [-0.1, -0.05) is 51.5 Å². The van der Waals surface area contributed by atoms with E-state index in [4.69, 9.17) is 0 Å². The number of benzene rings is 1. The van der Waals surface area contributed by atoms with Crippen LogP contribution >= 0.6 is 0 Å². The Morgan fingerprint density at radius 1 is 1.13 bits per heavy atom. The fraction of sp³-hybridized carbons (Fsp3) is 0.571. The molecule has 0 spiro atoms. The lowest BCUT2D eigenvalue weighted by atomic mass is 9.99. The molecule has 15 heavy (non-hydrogen) atoms. The fourth-order valence-electron chi connectivity index (χ4n) is 1.79. The summed E-state index contributed by atoms with van der Waals surface area (Å²) >= 11 is 0. The highest BCUT2D eigenvalue weighted by molar-refractivity contribution is 5.24. The molecule has 0 unspecified atom stereocenters. The number of aliphatic hydroxyl groups is 1. The molecule has 1 N–H and O–H groups in total. The van der Waals surface area contributed by atoms with E-state index in [9.17, 15) is 5.11 Å². The van der Waals surface area contributed by atoms with Gasteiger partial charge in [-0.05, 0) is 29.9 Å². The van der Waals surface area contributed by atoms with Gasteiger partial charge in [0.15, 0.2) is 0 Å². The molecule has 0 amide bonds. The van der Waals surface area contributed by atoms with E-state index in [-0.39, 0.29) is 6.10 Å². The SMILES string of the molecule is CCC[C@@H](O)c1ccc(CC(C)C)cc1. The molecule has 1 aromatic rings. The van der Waals surface area contributed by atoms with Crippen molar-refractivity contribution in [2.45, 2.75) is 46.1 Å². The van der Waals surface area contributed by atoms with Crippen LogP contribution in [0.4, 0.5) is 0 Å². The Balaban J connectivity index is 2.63. The number of rotatable bonds is 5. The summed E-state index contributed by atoms with van der Waals surface area (Å²) in [5.41, 5.74) is 2.40. The van der Waals surface area contributed by atoms with Crippen LogP contribution in [0.2, 0.25) is 0 Å². The van der Waals surface area contributed by atoms with Crippen molar-refractivity contribution in [3.8, 4) is 0 Å². The summed E-state index contributed by atoms with van der Waals surface area (Å²) in [6.07, 6.45) is 2.70. The van der Waals surface area contributed by atoms with E-state index in [0.29, 0.717) is 5.92 Å². The topological polar surface area (TPSA) is 20.2 Å². The summed E-state index contributed by atoms with van der Waals surface area (Å²) in [5.74, 6) is 0.691. The van der Waals surface area contributed by atoms with Crippen molar-refractivity contribution in [1.29, 1.82) is 0 Å². The molecule has 0 aliphatic heterocycles. The van der Waals surface area contributed by atoms with Gasteiger partial charge in [-0.15, -0.1) is 0 Å². The van der Waals surface area contributed by atoms with Gasteiger partial charge in [-0.2, -0.15) is 0 Å². The summed E-state index contributed by atoms with van der Waals surface area (Å²) in [6.45, 7) is 6.54. The molecule has 1 nitrogen and oxygen atoms in total. The van der Waals surface area contributed by atoms with Crippen molar-refractivity contribution >= 4 is 0 Å². The first-order valence-electron chi connectivity index (χ1n) is 5.90. The van der Waals surface area contributed by atoms with Gasteiger partial charge in [0.25, 0.3) is 0 Å². The second kappa shape index (κ2) is 5.92. The molecule has 0 saturated heterocycles. The van der Waals surface area contributed by atoms with Crippen LogP contribution in [0.5, 0.6) is 0 Å². The van der Waals surface area contributed by atoms with Gasteiger partial charge in [0.1, 0.15) is 0 Å². The molecule has 1 atom stereocenters. The normalized spacial score (nSPS) is 13.1. The lowest BCUT2D eigenvalue weighted by Crippen LogP contribution is -1.98. The Labute approximate surface area is 93.1 Å². The molecule has 0 aliphatic carbocycles. The number of hydrogen-bond acceptors (Lipinski definition) is 1. The highest BCUT2D eigenvalue weighted by Crippen LogP contribution is 2.19. The van der Waals surface area contributed by atoms with Crippen LogP contribution in [-0.4, -0.2) is 5.11 Å². The Kier molecular flexibility index (Phi) is 4.83. The molecule has 0 fully saturated rings. The number of hydrogen-bond donors (Lipinski definition) is 1. The molecule has 0 heterocycles. The predicted molar refractivity (Wildman–Crippen MR) is 64.9 cm³/mol. The standard InChI is InChI=1S/C14H22O/c1-4-5-14(15)13-8-6-12(7-9-13)10-11(2)3/h6-9,11,14-15H,4-5,10H2,1-3H3/t14-/m1/s1. The second-order valence-electron chi connectivity index (χ2n) is 4.64. The van der Waals surface area contributed by atoms with Gasteiger partial charge in [0.05, 0.1) is 6.10 Å². The molecule has 1 rings (SSSR count). The summed E-state index contributed by atoms with van der Waals surface area (Å²) in [7, 11) is 0. The quantitative estimate of drug-likeness (QED) is 0.778. The predicted octanol–water partition coefficient (Wildman–Crippen LogP) is 3.72. The van der Waals surface area contributed by atoms with Crippen LogP contribution in [0.1, 0.15) is 50.8 Å². The Bertz CT molecular complexity index is 274. The Morgan fingerprint density at radius 3 is 2.20 bits per heavy atom. The third-order valence-corrected chi connectivity index (χ3v) is 2.57. The molecule has 0 aliphatic rings. The third kappa shape index (κ3) is 4.05. The first kappa shape index (κ1) is 12.3. The molecule has 1 aromatic carbocycles. The highest BCUT2D eigenvalue weighted by atomic mass is 16.3. The molecule has 1 heteroatoms. The van der Waals surface area contributed by atoms with Crippen molar-refractivity contribution in [3.63, 3.8) is 0 Å². The van der Waals surface area contributed by atoms with Crippen LogP contribution in [0, 0.1) is 5.92 Å². The zero-order chi connectivity index (χ0) is 11.3. The van der Waals surface area contributed by atoms with Gasteiger partial charge in [0.2, 0.25) is 0 Å². The van der Waals surface area contributed by atoms with E-state index in [1.54, 1.807) is 0 Å². The Hall–Kier alpha value is -0.820. The smallest absolute Gasteiger partial charge is 0.0790 e. The minimum absolute atomic E-state index is 0.289. The van der Waals surface area contributed by atoms with E-state index in [1.807, 2.05) is 0 Å². The van der Waals surface area contributed by atoms with Crippen molar-refractivity contribution in [1.82, 2.24) is 0 Å². The zero-order valence-electron chi connectivity index (χ0n) is 10.0. The molecule has 0 radical (unpaired) electrons. The van der Waals surface area contributed by atoms with Gasteiger partial charge in [0, 0.05) is 0 Å². The lowest BCUT2D eigenvalue weighted by molar-refractivity contribution is 0.166. The summed E-state index contributed by atoms with van der Waals surface area (Å²) in [6, 6.07) is 8.37. The van der Waals surface area contributed by atoms with E-state index in [2.05, 4.69) is 45.0 Å². The largest absolute Gasteiger partial charge is 0.388 e. The second-order valence-corrected chi connectivity index (χ2v) is 4.64. The van der Waals surface area contributed by atoms with Crippen LogP contribution in [0.15, 0.2) is 24.3 Å². The van der Waals surface area contributed by atoms with E-state index < -0.39 is 0 Å². The van der Waals surface area contributed by atoms with Crippen LogP contribution in [0.25, 0.3) is 0 Å². The summed E-state index contributed by atoms with van der Waals surface area (Å²) in [5, 5.41) is 9.79. The van der Waals surface area contributed by atoms with Crippen LogP contribution < -0.4 is 0 Å². The van der Waals surface area contributed by atoms with Crippen molar-refractivity contribution in [3.05, 3.63) is 35.4 Å². The molecule has 0 aromatic heterocycles. The maximum absolute atomic E-state index is 9.79. The molecule has 0 bridgehead atoms. The van der Waals surface area contributed by atoms with Crippen LogP contribution in [0.3, 0.4) is 0 Å². The zero-order valence-corrected chi connectivity index (χ0v) is 10.0. The number of aliphatic hydroxyl groups excluding tert-OH is 1.